The minimum atomic E-state index is -1.00. The van der Waals surface area contributed by atoms with Crippen LogP contribution in [0.2, 0.25) is 0 Å². The summed E-state index contributed by atoms with van der Waals surface area (Å²) < 4.78 is 5.84. The standard InChI is InChI=1S/C22H29N5O2/c1-4-5-8-11-24-22(28)17(12-23)20-21(27-13-15(2)29-16(3)14-27)26-19-10-7-6-9-18(19)25-20/h6-7,9-10,15-17H,4-5,8,11,13-14H2,1-3H3,(H,24,28)/t15-,16+,17-/m0/s1. The summed E-state index contributed by atoms with van der Waals surface area (Å²) in [7, 11) is 0. The monoisotopic (exact) mass is 395 g/mol. The van der Waals surface area contributed by atoms with Crippen molar-refractivity contribution in [1.82, 2.24) is 15.3 Å². The lowest BCUT2D eigenvalue weighted by Crippen LogP contribution is -2.46. The smallest absolute Gasteiger partial charge is 0.243 e. The number of nitriles is 1. The van der Waals surface area contributed by atoms with Gasteiger partial charge in [0, 0.05) is 19.6 Å². The van der Waals surface area contributed by atoms with Crippen molar-refractivity contribution in [3.8, 4) is 6.07 Å². The quantitative estimate of drug-likeness (QED) is 0.724. The second-order valence-electron chi connectivity index (χ2n) is 7.64. The number of rotatable bonds is 7. The number of aromatic nitrogens is 2. The van der Waals surface area contributed by atoms with E-state index in [2.05, 4.69) is 23.2 Å². The predicted molar refractivity (Wildman–Crippen MR) is 113 cm³/mol. The van der Waals surface area contributed by atoms with Crippen molar-refractivity contribution in [1.29, 1.82) is 5.26 Å². The minimum Gasteiger partial charge on any atom is -0.372 e. The van der Waals surface area contributed by atoms with Crippen molar-refractivity contribution in [2.45, 2.75) is 58.2 Å². The van der Waals surface area contributed by atoms with Crippen LogP contribution >= 0.6 is 0 Å². The summed E-state index contributed by atoms with van der Waals surface area (Å²) in [4.78, 5) is 24.4. The molecule has 3 atom stereocenters. The number of carbonyl (C=O) groups excluding carboxylic acids is 1. The van der Waals surface area contributed by atoms with E-state index in [1.54, 1.807) is 0 Å². The van der Waals surface area contributed by atoms with Gasteiger partial charge in [-0.2, -0.15) is 5.26 Å². The maximum absolute atomic E-state index is 12.8. The number of anilines is 1. The summed E-state index contributed by atoms with van der Waals surface area (Å²) in [6.45, 7) is 7.98. The Morgan fingerprint density at radius 1 is 1.24 bits per heavy atom. The first-order valence-corrected chi connectivity index (χ1v) is 10.4. The maximum atomic E-state index is 12.8. The molecule has 0 radical (unpaired) electrons. The first-order valence-electron chi connectivity index (χ1n) is 10.4. The molecule has 2 heterocycles. The third kappa shape index (κ3) is 5.01. The zero-order valence-corrected chi connectivity index (χ0v) is 17.4. The maximum Gasteiger partial charge on any atom is 0.243 e. The lowest BCUT2D eigenvalue weighted by Gasteiger charge is -2.37. The molecule has 1 amide bonds. The van der Waals surface area contributed by atoms with Gasteiger partial charge in [0.1, 0.15) is 5.69 Å². The minimum absolute atomic E-state index is 0.0308. The molecule has 1 fully saturated rings. The molecule has 0 unspecified atom stereocenters. The number of nitrogens with zero attached hydrogens (tertiary/aromatic N) is 4. The number of nitrogens with one attached hydrogen (secondary N) is 1. The Labute approximate surface area is 172 Å². The van der Waals surface area contributed by atoms with Crippen LogP contribution in [0.25, 0.3) is 11.0 Å². The van der Waals surface area contributed by atoms with Crippen molar-refractivity contribution >= 4 is 22.8 Å². The average Bonchev–Trinajstić information content (AvgIpc) is 2.70. The first-order chi connectivity index (χ1) is 14.0. The van der Waals surface area contributed by atoms with E-state index in [0.29, 0.717) is 36.7 Å². The number of ether oxygens (including phenoxy) is 1. The van der Waals surface area contributed by atoms with Gasteiger partial charge in [0.15, 0.2) is 11.7 Å². The van der Waals surface area contributed by atoms with Crippen molar-refractivity contribution in [3.05, 3.63) is 30.0 Å². The molecule has 1 aromatic carbocycles. The van der Waals surface area contributed by atoms with E-state index in [1.165, 1.54) is 0 Å². The van der Waals surface area contributed by atoms with Crippen LogP contribution < -0.4 is 10.2 Å². The molecule has 1 aliphatic heterocycles. The van der Waals surface area contributed by atoms with E-state index in [0.717, 1.165) is 24.8 Å². The fourth-order valence-electron chi connectivity index (χ4n) is 3.71. The lowest BCUT2D eigenvalue weighted by atomic mass is 10.0. The summed E-state index contributed by atoms with van der Waals surface area (Å²) >= 11 is 0. The molecule has 0 bridgehead atoms. The van der Waals surface area contributed by atoms with Crippen LogP contribution in [-0.2, 0) is 9.53 Å². The van der Waals surface area contributed by atoms with E-state index in [9.17, 15) is 10.1 Å². The van der Waals surface area contributed by atoms with Crippen LogP contribution in [0.4, 0.5) is 5.82 Å². The van der Waals surface area contributed by atoms with E-state index < -0.39 is 5.92 Å². The molecule has 1 saturated heterocycles. The molecule has 7 nitrogen and oxygen atoms in total. The Morgan fingerprint density at radius 2 is 1.90 bits per heavy atom. The van der Waals surface area contributed by atoms with Crippen molar-refractivity contribution in [2.24, 2.45) is 0 Å². The third-order valence-corrected chi connectivity index (χ3v) is 5.04. The van der Waals surface area contributed by atoms with Gasteiger partial charge in [0.05, 0.1) is 29.3 Å². The molecule has 29 heavy (non-hydrogen) atoms. The molecule has 0 spiro atoms. The van der Waals surface area contributed by atoms with Gasteiger partial charge in [-0.1, -0.05) is 31.9 Å². The number of carbonyl (C=O) groups is 1. The molecule has 154 valence electrons. The van der Waals surface area contributed by atoms with Gasteiger partial charge in [-0.25, -0.2) is 9.97 Å². The topological polar surface area (TPSA) is 91.1 Å². The molecule has 0 aliphatic carbocycles. The zero-order chi connectivity index (χ0) is 20.8. The zero-order valence-electron chi connectivity index (χ0n) is 17.4. The average molecular weight is 396 g/mol. The summed E-state index contributed by atoms with van der Waals surface area (Å²) in [5.74, 6) is -0.720. The number of unbranched alkanes of at least 4 members (excludes halogenated alkanes) is 2. The number of amides is 1. The van der Waals surface area contributed by atoms with Crippen LogP contribution in [0.15, 0.2) is 24.3 Å². The van der Waals surface area contributed by atoms with Crippen LogP contribution in [0.3, 0.4) is 0 Å². The number of hydrogen-bond acceptors (Lipinski definition) is 6. The van der Waals surface area contributed by atoms with Crippen molar-refractivity contribution in [2.75, 3.05) is 24.5 Å². The Bertz CT molecular complexity index is 884. The molecular formula is C22H29N5O2. The van der Waals surface area contributed by atoms with E-state index >= 15 is 0 Å². The molecule has 1 N–H and O–H groups in total. The lowest BCUT2D eigenvalue weighted by molar-refractivity contribution is -0.121. The predicted octanol–water partition coefficient (Wildman–Crippen LogP) is 3.16. The second-order valence-corrected chi connectivity index (χ2v) is 7.64. The molecule has 7 heteroatoms. The molecule has 3 rings (SSSR count). The normalized spacial score (nSPS) is 20.3. The fourth-order valence-corrected chi connectivity index (χ4v) is 3.71. The highest BCUT2D eigenvalue weighted by Crippen LogP contribution is 2.29. The fraction of sp³-hybridized carbons (Fsp3) is 0.545. The molecule has 2 aromatic rings. The number of morpholine rings is 1. The van der Waals surface area contributed by atoms with Crippen molar-refractivity contribution < 1.29 is 9.53 Å². The molecule has 0 saturated carbocycles. The van der Waals surface area contributed by atoms with Crippen LogP contribution in [0.1, 0.15) is 51.6 Å². The molecule has 1 aliphatic rings. The van der Waals surface area contributed by atoms with Gasteiger partial charge in [-0.15, -0.1) is 0 Å². The van der Waals surface area contributed by atoms with Gasteiger partial charge in [-0.05, 0) is 32.4 Å². The highest BCUT2D eigenvalue weighted by atomic mass is 16.5. The van der Waals surface area contributed by atoms with Crippen molar-refractivity contribution in [3.63, 3.8) is 0 Å². The van der Waals surface area contributed by atoms with Gasteiger partial charge < -0.3 is 15.0 Å². The highest BCUT2D eigenvalue weighted by Gasteiger charge is 2.31. The Balaban J connectivity index is 1.97. The van der Waals surface area contributed by atoms with E-state index in [1.807, 2.05) is 38.1 Å². The largest absolute Gasteiger partial charge is 0.372 e. The van der Waals surface area contributed by atoms with E-state index in [4.69, 9.17) is 14.7 Å². The Morgan fingerprint density at radius 3 is 2.52 bits per heavy atom. The van der Waals surface area contributed by atoms with Gasteiger partial charge in [0.2, 0.25) is 5.91 Å². The summed E-state index contributed by atoms with van der Waals surface area (Å²) in [5, 5.41) is 12.7. The summed E-state index contributed by atoms with van der Waals surface area (Å²) in [6, 6.07) is 9.70. The number of benzene rings is 1. The van der Waals surface area contributed by atoms with Crippen LogP contribution in [-0.4, -0.2) is 47.7 Å². The van der Waals surface area contributed by atoms with E-state index in [-0.39, 0.29) is 18.1 Å². The second kappa shape index (κ2) is 9.66. The van der Waals surface area contributed by atoms with Gasteiger partial charge >= 0.3 is 0 Å². The van der Waals surface area contributed by atoms with Gasteiger partial charge in [0.25, 0.3) is 0 Å². The van der Waals surface area contributed by atoms with Crippen LogP contribution in [0, 0.1) is 11.3 Å². The Kier molecular flexibility index (Phi) is 6.99. The number of hydrogen-bond donors (Lipinski definition) is 1. The SMILES string of the molecule is CCCCCNC(=O)[C@@H](C#N)c1nc2ccccc2nc1N1C[C@@H](C)O[C@@H](C)C1. The Hall–Kier alpha value is -2.72. The summed E-state index contributed by atoms with van der Waals surface area (Å²) in [6.07, 6.45) is 3.08. The summed E-state index contributed by atoms with van der Waals surface area (Å²) in [5.41, 5.74) is 1.85. The number of para-hydroxylation sites is 2. The third-order valence-electron chi connectivity index (χ3n) is 5.04. The van der Waals surface area contributed by atoms with Crippen LogP contribution in [0.5, 0.6) is 0 Å². The molecule has 1 aromatic heterocycles. The highest BCUT2D eigenvalue weighted by molar-refractivity contribution is 5.88. The van der Waals surface area contributed by atoms with Gasteiger partial charge in [-0.3, -0.25) is 4.79 Å². The first kappa shape index (κ1) is 21.0. The molecular weight excluding hydrogens is 366 g/mol. The number of fused-ring (bicyclic) bond motifs is 1.